The van der Waals surface area contributed by atoms with E-state index in [4.69, 9.17) is 9.84 Å². The van der Waals surface area contributed by atoms with Crippen LogP contribution in [0.5, 0.6) is 5.75 Å². The molecule has 1 saturated heterocycles. The number of anilines is 1. The SMILES string of the molecule is O=C(O)c1ccc(C(O)c2cc(-c3ncnc4cc(N5CCOCC5)ccc34)c(F)cc2O)nn1. The molecule has 0 saturated carbocycles. The fraction of sp³-hybridized carbons (Fsp3) is 0.208. The molecule has 1 aliphatic heterocycles. The van der Waals surface area contributed by atoms with Gasteiger partial charge in [-0.3, -0.25) is 0 Å². The summed E-state index contributed by atoms with van der Waals surface area (Å²) in [7, 11) is 0. The lowest BCUT2D eigenvalue weighted by Gasteiger charge is -2.29. The Labute approximate surface area is 198 Å². The Bertz CT molecular complexity index is 1410. The number of aromatic nitrogens is 4. The number of benzene rings is 2. The van der Waals surface area contributed by atoms with Gasteiger partial charge in [0.1, 0.15) is 24.0 Å². The summed E-state index contributed by atoms with van der Waals surface area (Å²) in [5.74, 6) is -2.49. The number of carboxylic acids is 1. The van der Waals surface area contributed by atoms with Gasteiger partial charge in [0, 0.05) is 41.4 Å². The number of aromatic hydroxyl groups is 1. The van der Waals surface area contributed by atoms with Gasteiger partial charge in [0.25, 0.3) is 0 Å². The van der Waals surface area contributed by atoms with Crippen molar-refractivity contribution in [1.82, 2.24) is 20.2 Å². The molecule has 35 heavy (non-hydrogen) atoms. The summed E-state index contributed by atoms with van der Waals surface area (Å²) in [6.45, 7) is 2.79. The summed E-state index contributed by atoms with van der Waals surface area (Å²) in [5, 5.41) is 38.0. The molecule has 1 fully saturated rings. The van der Waals surface area contributed by atoms with Crippen molar-refractivity contribution in [1.29, 1.82) is 0 Å². The molecule has 0 bridgehead atoms. The molecule has 1 aliphatic rings. The Hall–Kier alpha value is -4.22. The van der Waals surface area contributed by atoms with Crippen molar-refractivity contribution in [3.05, 3.63) is 71.6 Å². The van der Waals surface area contributed by atoms with Crippen LogP contribution in [0.4, 0.5) is 10.1 Å². The lowest BCUT2D eigenvalue weighted by atomic mass is 9.98. The lowest BCUT2D eigenvalue weighted by Crippen LogP contribution is -2.36. The quantitative estimate of drug-likeness (QED) is 0.392. The molecule has 0 radical (unpaired) electrons. The van der Waals surface area contributed by atoms with E-state index in [1.165, 1.54) is 24.5 Å². The average molecular weight is 477 g/mol. The van der Waals surface area contributed by atoms with Gasteiger partial charge in [0.05, 0.1) is 30.1 Å². The van der Waals surface area contributed by atoms with Crippen LogP contribution in [0.1, 0.15) is 27.8 Å². The van der Waals surface area contributed by atoms with Gasteiger partial charge in [-0.25, -0.2) is 19.2 Å². The first-order valence-corrected chi connectivity index (χ1v) is 10.8. The molecule has 5 rings (SSSR count). The molecule has 3 heterocycles. The maximum absolute atomic E-state index is 15.0. The van der Waals surface area contributed by atoms with Gasteiger partial charge in [-0.1, -0.05) is 0 Å². The number of morpholine rings is 1. The number of ether oxygens (including phenoxy) is 1. The fourth-order valence-corrected chi connectivity index (χ4v) is 4.02. The maximum Gasteiger partial charge on any atom is 0.356 e. The minimum absolute atomic E-state index is 0.00874. The molecule has 2 aromatic heterocycles. The minimum atomic E-state index is -1.48. The second-order valence-electron chi connectivity index (χ2n) is 7.97. The van der Waals surface area contributed by atoms with Crippen molar-refractivity contribution >= 4 is 22.6 Å². The third-order valence-electron chi connectivity index (χ3n) is 5.85. The number of halogens is 1. The van der Waals surface area contributed by atoms with Gasteiger partial charge in [-0.05, 0) is 36.4 Å². The number of hydrogen-bond donors (Lipinski definition) is 3. The van der Waals surface area contributed by atoms with Crippen LogP contribution in [0.15, 0.2) is 48.8 Å². The van der Waals surface area contributed by atoms with Crippen molar-refractivity contribution in [2.45, 2.75) is 6.10 Å². The number of hydrogen-bond acceptors (Lipinski definition) is 9. The van der Waals surface area contributed by atoms with Crippen LogP contribution in [0.2, 0.25) is 0 Å². The van der Waals surface area contributed by atoms with E-state index in [0.29, 0.717) is 29.8 Å². The summed E-state index contributed by atoms with van der Waals surface area (Å²) in [6, 6.07) is 10.3. The van der Waals surface area contributed by atoms with Gasteiger partial charge in [0.15, 0.2) is 5.69 Å². The molecule has 0 amide bonds. The first kappa shape index (κ1) is 22.6. The van der Waals surface area contributed by atoms with Crippen LogP contribution in [-0.2, 0) is 4.74 Å². The largest absolute Gasteiger partial charge is 0.507 e. The standard InChI is InChI=1S/C24H20FN5O5/c25-17-11-21(31)16(23(32)18-3-4-19(24(33)34)29-28-18)10-15(17)22-14-2-1-13(9-20(14)26-12-27-22)30-5-7-35-8-6-30/h1-4,9-12,23,31-32H,5-8H2,(H,33,34). The van der Waals surface area contributed by atoms with Crippen molar-refractivity contribution in [3.8, 4) is 17.0 Å². The topological polar surface area (TPSA) is 142 Å². The Morgan fingerprint density at radius 1 is 1.06 bits per heavy atom. The van der Waals surface area contributed by atoms with Gasteiger partial charge in [-0.15, -0.1) is 5.10 Å². The number of aromatic carboxylic acids is 1. The third kappa shape index (κ3) is 4.34. The van der Waals surface area contributed by atoms with E-state index in [9.17, 15) is 15.0 Å². The number of rotatable bonds is 5. The predicted octanol–water partition coefficient (Wildman–Crippen LogP) is 2.55. The maximum atomic E-state index is 15.0. The zero-order valence-electron chi connectivity index (χ0n) is 18.3. The summed E-state index contributed by atoms with van der Waals surface area (Å²) in [4.78, 5) is 21.8. The summed E-state index contributed by atoms with van der Waals surface area (Å²) >= 11 is 0. The Morgan fingerprint density at radius 2 is 1.86 bits per heavy atom. The van der Waals surface area contributed by atoms with Crippen molar-refractivity contribution in [2.75, 3.05) is 31.2 Å². The highest BCUT2D eigenvalue weighted by Crippen LogP contribution is 2.36. The molecule has 1 unspecified atom stereocenters. The lowest BCUT2D eigenvalue weighted by molar-refractivity contribution is 0.0688. The smallest absolute Gasteiger partial charge is 0.356 e. The van der Waals surface area contributed by atoms with Crippen LogP contribution in [0.25, 0.3) is 22.2 Å². The van der Waals surface area contributed by atoms with Crippen LogP contribution >= 0.6 is 0 Å². The number of aliphatic hydroxyl groups excluding tert-OH is 1. The molecular formula is C24H20FN5O5. The van der Waals surface area contributed by atoms with E-state index in [1.807, 2.05) is 18.2 Å². The van der Waals surface area contributed by atoms with Crippen LogP contribution in [0, 0.1) is 5.82 Å². The molecule has 1 atom stereocenters. The van der Waals surface area contributed by atoms with Crippen molar-refractivity contribution < 1.29 is 29.2 Å². The first-order valence-electron chi connectivity index (χ1n) is 10.8. The average Bonchev–Trinajstić information content (AvgIpc) is 2.88. The summed E-state index contributed by atoms with van der Waals surface area (Å²) in [6.07, 6.45) is -0.148. The van der Waals surface area contributed by atoms with E-state index < -0.39 is 23.6 Å². The summed E-state index contributed by atoms with van der Waals surface area (Å²) in [5.41, 5.74) is 1.59. The van der Waals surface area contributed by atoms with E-state index in [2.05, 4.69) is 25.1 Å². The van der Waals surface area contributed by atoms with E-state index >= 15 is 4.39 Å². The first-order chi connectivity index (χ1) is 16.9. The molecular weight excluding hydrogens is 457 g/mol. The highest BCUT2D eigenvalue weighted by atomic mass is 19.1. The molecule has 10 nitrogen and oxygen atoms in total. The van der Waals surface area contributed by atoms with Gasteiger partial charge >= 0.3 is 5.97 Å². The van der Waals surface area contributed by atoms with E-state index in [-0.39, 0.29) is 22.5 Å². The number of nitrogens with zero attached hydrogens (tertiary/aromatic N) is 5. The normalized spacial score (nSPS) is 14.7. The second kappa shape index (κ2) is 9.20. The Balaban J connectivity index is 1.55. The predicted molar refractivity (Wildman–Crippen MR) is 123 cm³/mol. The van der Waals surface area contributed by atoms with Gasteiger partial charge < -0.3 is 25.0 Å². The zero-order valence-corrected chi connectivity index (χ0v) is 18.3. The Kier molecular flexibility index (Phi) is 5.93. The molecule has 4 aromatic rings. The van der Waals surface area contributed by atoms with E-state index in [1.54, 1.807) is 0 Å². The molecule has 0 aliphatic carbocycles. The van der Waals surface area contributed by atoms with Gasteiger partial charge in [-0.2, -0.15) is 5.10 Å². The second-order valence-corrected chi connectivity index (χ2v) is 7.97. The highest BCUT2D eigenvalue weighted by molar-refractivity contribution is 5.94. The zero-order chi connectivity index (χ0) is 24.5. The summed E-state index contributed by atoms with van der Waals surface area (Å²) < 4.78 is 20.4. The minimum Gasteiger partial charge on any atom is -0.507 e. The fourth-order valence-electron chi connectivity index (χ4n) is 4.02. The molecule has 2 aromatic carbocycles. The van der Waals surface area contributed by atoms with Crippen molar-refractivity contribution in [2.24, 2.45) is 0 Å². The number of phenols is 1. The van der Waals surface area contributed by atoms with Gasteiger partial charge in [0.2, 0.25) is 0 Å². The van der Waals surface area contributed by atoms with E-state index in [0.717, 1.165) is 24.8 Å². The monoisotopic (exact) mass is 477 g/mol. The van der Waals surface area contributed by atoms with Crippen molar-refractivity contribution in [3.63, 3.8) is 0 Å². The number of fused-ring (bicyclic) bond motifs is 1. The Morgan fingerprint density at radius 3 is 2.57 bits per heavy atom. The number of phenolic OH excluding ortho intramolecular Hbond substituents is 1. The van der Waals surface area contributed by atoms with Crippen LogP contribution < -0.4 is 4.90 Å². The number of aliphatic hydroxyl groups is 1. The van der Waals surface area contributed by atoms with Crippen LogP contribution in [0.3, 0.4) is 0 Å². The molecule has 3 N–H and O–H groups in total. The highest BCUT2D eigenvalue weighted by Gasteiger charge is 2.22. The number of carboxylic acid groups (broad SMARTS) is 1. The molecule has 178 valence electrons. The third-order valence-corrected chi connectivity index (χ3v) is 5.85. The number of carbonyl (C=O) groups is 1. The molecule has 11 heteroatoms. The molecule has 0 spiro atoms. The van der Waals surface area contributed by atoms with Crippen LogP contribution in [-0.4, -0.2) is 67.8 Å².